The lowest BCUT2D eigenvalue weighted by atomic mass is 9.99. The topological polar surface area (TPSA) is 41.6 Å². The third kappa shape index (κ3) is 4.94. The average molecular weight is 228 g/mol. The molecular formula is C12H24N2O2. The van der Waals surface area contributed by atoms with Crippen LogP contribution in [-0.4, -0.2) is 50.7 Å². The van der Waals surface area contributed by atoms with E-state index in [4.69, 9.17) is 4.74 Å². The Bertz CT molecular complexity index is 201. The van der Waals surface area contributed by atoms with Crippen LogP contribution in [0.5, 0.6) is 0 Å². The second-order valence-electron chi connectivity index (χ2n) is 4.59. The zero-order valence-electron chi connectivity index (χ0n) is 10.5. The third-order valence-corrected chi connectivity index (χ3v) is 3.11. The second kappa shape index (κ2) is 7.63. The largest absolute Gasteiger partial charge is 0.385 e. The molecule has 4 nitrogen and oxygen atoms in total. The first kappa shape index (κ1) is 13.5. The summed E-state index contributed by atoms with van der Waals surface area (Å²) in [6.07, 6.45) is 3.26. The molecule has 0 spiro atoms. The number of nitrogens with one attached hydrogen (secondary N) is 1. The van der Waals surface area contributed by atoms with Crippen LogP contribution >= 0.6 is 0 Å². The van der Waals surface area contributed by atoms with Crippen molar-refractivity contribution in [3.8, 4) is 0 Å². The number of hydrogen-bond donors (Lipinski definition) is 1. The summed E-state index contributed by atoms with van der Waals surface area (Å²) in [7, 11) is 1.69. The van der Waals surface area contributed by atoms with E-state index >= 15 is 0 Å². The molecule has 0 unspecified atom stereocenters. The van der Waals surface area contributed by atoms with Crippen LogP contribution in [0.4, 0.5) is 0 Å². The molecule has 16 heavy (non-hydrogen) atoms. The summed E-state index contributed by atoms with van der Waals surface area (Å²) < 4.78 is 4.94. The number of piperidine rings is 1. The van der Waals surface area contributed by atoms with E-state index in [0.717, 1.165) is 51.4 Å². The average Bonchev–Trinajstić information content (AvgIpc) is 2.29. The molecule has 4 heteroatoms. The highest BCUT2D eigenvalue weighted by atomic mass is 16.5. The first-order valence-corrected chi connectivity index (χ1v) is 6.21. The molecule has 1 saturated heterocycles. The fraction of sp³-hybridized carbons (Fsp3) is 0.917. The number of carbonyl (C=O) groups is 1. The van der Waals surface area contributed by atoms with Crippen LogP contribution in [0.3, 0.4) is 0 Å². The highest BCUT2D eigenvalue weighted by Crippen LogP contribution is 2.15. The summed E-state index contributed by atoms with van der Waals surface area (Å²) >= 11 is 0. The molecule has 0 aromatic heterocycles. The van der Waals surface area contributed by atoms with Crippen LogP contribution < -0.4 is 5.32 Å². The summed E-state index contributed by atoms with van der Waals surface area (Å²) in [6, 6.07) is 0. The Balaban J connectivity index is 2.06. The van der Waals surface area contributed by atoms with Crippen LogP contribution in [0.1, 0.15) is 26.2 Å². The number of hydrogen-bond acceptors (Lipinski definition) is 3. The summed E-state index contributed by atoms with van der Waals surface area (Å²) in [5.41, 5.74) is 0. The maximum atomic E-state index is 11.8. The van der Waals surface area contributed by atoms with Crippen molar-refractivity contribution in [1.29, 1.82) is 0 Å². The Morgan fingerprint density at radius 1 is 1.44 bits per heavy atom. The van der Waals surface area contributed by atoms with Gasteiger partial charge in [0.15, 0.2) is 0 Å². The van der Waals surface area contributed by atoms with Crippen molar-refractivity contribution in [2.75, 3.05) is 39.9 Å². The Morgan fingerprint density at radius 3 is 2.75 bits per heavy atom. The predicted octanol–water partition coefficient (Wildman–Crippen LogP) is 0.871. The Kier molecular flexibility index (Phi) is 6.42. The molecule has 0 aromatic rings. The highest BCUT2D eigenvalue weighted by molar-refractivity contribution is 5.78. The van der Waals surface area contributed by atoms with Crippen LogP contribution in [0.25, 0.3) is 0 Å². The summed E-state index contributed by atoms with van der Waals surface area (Å²) in [5.74, 6) is 1.02. The molecule has 0 radical (unpaired) electrons. The minimum Gasteiger partial charge on any atom is -0.385 e. The van der Waals surface area contributed by atoms with Gasteiger partial charge in [-0.3, -0.25) is 4.79 Å². The van der Waals surface area contributed by atoms with Gasteiger partial charge < -0.3 is 15.0 Å². The molecule has 1 fully saturated rings. The van der Waals surface area contributed by atoms with Gasteiger partial charge in [0, 0.05) is 26.8 Å². The van der Waals surface area contributed by atoms with Crippen molar-refractivity contribution in [3.63, 3.8) is 0 Å². The van der Waals surface area contributed by atoms with E-state index in [2.05, 4.69) is 12.2 Å². The normalized spacial score (nSPS) is 17.8. The maximum absolute atomic E-state index is 11.8. The van der Waals surface area contributed by atoms with E-state index in [1.165, 1.54) is 0 Å². The molecular weight excluding hydrogens is 204 g/mol. The smallest absolute Gasteiger partial charge is 0.236 e. The maximum Gasteiger partial charge on any atom is 0.236 e. The van der Waals surface area contributed by atoms with Gasteiger partial charge in [-0.25, -0.2) is 0 Å². The van der Waals surface area contributed by atoms with Crippen molar-refractivity contribution >= 4 is 5.91 Å². The monoisotopic (exact) mass is 228 g/mol. The highest BCUT2D eigenvalue weighted by Gasteiger charge is 2.19. The number of likely N-dealkylation sites (tertiary alicyclic amines) is 1. The lowest BCUT2D eigenvalue weighted by molar-refractivity contribution is -0.131. The minimum atomic E-state index is 0.240. The quantitative estimate of drug-likeness (QED) is 0.686. The summed E-state index contributed by atoms with van der Waals surface area (Å²) in [6.45, 7) is 6.19. The first-order valence-electron chi connectivity index (χ1n) is 6.21. The molecule has 1 heterocycles. The van der Waals surface area contributed by atoms with Crippen LogP contribution in [-0.2, 0) is 9.53 Å². The number of rotatable bonds is 6. The van der Waals surface area contributed by atoms with Gasteiger partial charge in [0.1, 0.15) is 0 Å². The summed E-state index contributed by atoms with van der Waals surface area (Å²) in [5, 5.41) is 3.16. The zero-order valence-corrected chi connectivity index (χ0v) is 10.5. The lowest BCUT2D eigenvalue weighted by Crippen LogP contribution is -2.42. The Morgan fingerprint density at radius 2 is 2.12 bits per heavy atom. The van der Waals surface area contributed by atoms with Gasteiger partial charge >= 0.3 is 0 Å². The van der Waals surface area contributed by atoms with Gasteiger partial charge in [0.25, 0.3) is 0 Å². The Hall–Kier alpha value is -0.610. The number of amides is 1. The van der Waals surface area contributed by atoms with Crippen LogP contribution in [0.2, 0.25) is 0 Å². The van der Waals surface area contributed by atoms with E-state index in [1.54, 1.807) is 7.11 Å². The van der Waals surface area contributed by atoms with Crippen LogP contribution in [0, 0.1) is 5.92 Å². The molecule has 1 aliphatic heterocycles. The molecule has 94 valence electrons. The van der Waals surface area contributed by atoms with E-state index in [-0.39, 0.29) is 5.91 Å². The van der Waals surface area contributed by atoms with Gasteiger partial charge in [-0.15, -0.1) is 0 Å². The van der Waals surface area contributed by atoms with Gasteiger partial charge in [-0.2, -0.15) is 0 Å². The molecule has 1 N–H and O–H groups in total. The number of nitrogens with zero attached hydrogens (tertiary/aromatic N) is 1. The zero-order chi connectivity index (χ0) is 11.8. The van der Waals surface area contributed by atoms with E-state index in [0.29, 0.717) is 6.54 Å². The van der Waals surface area contributed by atoms with E-state index < -0.39 is 0 Å². The van der Waals surface area contributed by atoms with Crippen molar-refractivity contribution in [2.45, 2.75) is 26.2 Å². The standard InChI is InChI=1S/C12H24N2O2/c1-11-4-7-14(8-5-11)12(15)10-13-6-3-9-16-2/h11,13H,3-10H2,1-2H3. The second-order valence-corrected chi connectivity index (χ2v) is 4.59. The van der Waals surface area contributed by atoms with Gasteiger partial charge in [-0.1, -0.05) is 6.92 Å². The minimum absolute atomic E-state index is 0.240. The van der Waals surface area contributed by atoms with Gasteiger partial charge in [0.05, 0.1) is 6.54 Å². The van der Waals surface area contributed by atoms with Crippen molar-refractivity contribution in [1.82, 2.24) is 10.2 Å². The molecule has 1 rings (SSSR count). The molecule has 1 aliphatic rings. The van der Waals surface area contributed by atoms with E-state index in [9.17, 15) is 4.79 Å². The van der Waals surface area contributed by atoms with Gasteiger partial charge in [0.2, 0.25) is 5.91 Å². The lowest BCUT2D eigenvalue weighted by Gasteiger charge is -2.30. The summed E-state index contributed by atoms with van der Waals surface area (Å²) in [4.78, 5) is 13.7. The molecule has 0 saturated carbocycles. The van der Waals surface area contributed by atoms with Crippen molar-refractivity contribution in [3.05, 3.63) is 0 Å². The molecule has 1 amide bonds. The van der Waals surface area contributed by atoms with E-state index in [1.807, 2.05) is 4.90 Å². The predicted molar refractivity (Wildman–Crippen MR) is 64.3 cm³/mol. The fourth-order valence-electron chi connectivity index (χ4n) is 1.91. The molecule has 0 bridgehead atoms. The number of methoxy groups -OCH3 is 1. The fourth-order valence-corrected chi connectivity index (χ4v) is 1.91. The van der Waals surface area contributed by atoms with Crippen LogP contribution in [0.15, 0.2) is 0 Å². The van der Waals surface area contributed by atoms with Crippen molar-refractivity contribution in [2.24, 2.45) is 5.92 Å². The van der Waals surface area contributed by atoms with Crippen molar-refractivity contribution < 1.29 is 9.53 Å². The molecule has 0 aliphatic carbocycles. The number of carbonyl (C=O) groups excluding carboxylic acids is 1. The third-order valence-electron chi connectivity index (χ3n) is 3.11. The molecule has 0 aromatic carbocycles. The molecule has 0 atom stereocenters. The Labute approximate surface area is 98.3 Å². The van der Waals surface area contributed by atoms with Gasteiger partial charge in [-0.05, 0) is 31.7 Å². The number of ether oxygens (including phenoxy) is 1. The first-order chi connectivity index (χ1) is 7.74. The SMILES string of the molecule is COCCCNCC(=O)N1CCC(C)CC1.